The molecule has 1 aliphatic rings. The Balaban J connectivity index is 2.89. The van der Waals surface area contributed by atoms with Crippen LogP contribution < -0.4 is 0 Å². The molecular weight excluding hydrogens is 250 g/mol. The summed E-state index contributed by atoms with van der Waals surface area (Å²) in [6.07, 6.45) is 1.83. The molecule has 0 aromatic carbocycles. The van der Waals surface area contributed by atoms with Crippen molar-refractivity contribution in [3.63, 3.8) is 0 Å². The Kier molecular flexibility index (Phi) is 5.50. The first-order valence-corrected chi connectivity index (χ1v) is 7.61. The number of aliphatic carboxylic acids is 1. The summed E-state index contributed by atoms with van der Waals surface area (Å²) in [5.41, 5.74) is 0. The van der Waals surface area contributed by atoms with Crippen LogP contribution in [0.3, 0.4) is 0 Å². The van der Waals surface area contributed by atoms with Crippen molar-refractivity contribution in [1.82, 2.24) is 4.90 Å². The van der Waals surface area contributed by atoms with Gasteiger partial charge >= 0.3 is 5.97 Å². The number of hydrogen-bond acceptors (Lipinski definition) is 3. The summed E-state index contributed by atoms with van der Waals surface area (Å²) in [4.78, 5) is 25.3. The second-order valence-corrected chi connectivity index (χ2v) is 6.42. The Hall–Kier alpha value is -0.710. The Labute approximate surface area is 113 Å². The largest absolute Gasteiger partial charge is 0.480 e. The molecule has 0 aliphatic carbocycles. The Morgan fingerprint density at radius 3 is 2.44 bits per heavy atom. The van der Waals surface area contributed by atoms with Crippen LogP contribution in [0.1, 0.15) is 40.5 Å². The lowest BCUT2D eigenvalue weighted by atomic mass is 9.96. The van der Waals surface area contributed by atoms with E-state index in [2.05, 4.69) is 6.92 Å². The number of rotatable bonds is 5. The van der Waals surface area contributed by atoms with E-state index in [1.165, 1.54) is 0 Å². The topological polar surface area (TPSA) is 57.6 Å². The maximum atomic E-state index is 12.4. The zero-order valence-electron chi connectivity index (χ0n) is 11.5. The van der Waals surface area contributed by atoms with E-state index in [0.717, 1.165) is 12.8 Å². The van der Waals surface area contributed by atoms with Gasteiger partial charge in [0.2, 0.25) is 5.91 Å². The molecule has 104 valence electrons. The first-order chi connectivity index (χ1) is 8.40. The molecular formula is C13H23NO3S. The number of carboxylic acids is 1. The standard InChI is InChI=1S/C13H23NO3S/c1-5-6-11-14(10(7-18-11)13(16)17)12(15)9(4)8(2)3/h8-11H,5-7H2,1-4H3,(H,16,17). The summed E-state index contributed by atoms with van der Waals surface area (Å²) >= 11 is 1.59. The van der Waals surface area contributed by atoms with Crippen molar-refractivity contribution in [3.8, 4) is 0 Å². The average Bonchev–Trinajstić information content (AvgIpc) is 2.71. The van der Waals surface area contributed by atoms with Gasteiger partial charge in [-0.3, -0.25) is 4.79 Å². The van der Waals surface area contributed by atoms with Gasteiger partial charge in [-0.25, -0.2) is 4.79 Å². The number of amides is 1. The lowest BCUT2D eigenvalue weighted by Gasteiger charge is -2.31. The second kappa shape index (κ2) is 6.45. The number of nitrogens with zero attached hydrogens (tertiary/aromatic N) is 1. The molecule has 18 heavy (non-hydrogen) atoms. The highest BCUT2D eigenvalue weighted by Gasteiger charge is 2.42. The van der Waals surface area contributed by atoms with E-state index < -0.39 is 12.0 Å². The number of carbonyl (C=O) groups excluding carboxylic acids is 1. The van der Waals surface area contributed by atoms with Crippen molar-refractivity contribution >= 4 is 23.6 Å². The molecule has 0 aromatic heterocycles. The van der Waals surface area contributed by atoms with Crippen LogP contribution in [0, 0.1) is 11.8 Å². The lowest BCUT2D eigenvalue weighted by Crippen LogP contribution is -2.48. The summed E-state index contributed by atoms with van der Waals surface area (Å²) < 4.78 is 0. The van der Waals surface area contributed by atoms with E-state index in [0.29, 0.717) is 5.75 Å². The monoisotopic (exact) mass is 273 g/mol. The van der Waals surface area contributed by atoms with Crippen LogP contribution in [0.15, 0.2) is 0 Å². The minimum absolute atomic E-state index is 0.0131. The molecule has 0 aromatic rings. The molecule has 0 spiro atoms. The maximum absolute atomic E-state index is 12.4. The molecule has 1 rings (SSSR count). The molecule has 1 aliphatic heterocycles. The molecule has 4 nitrogen and oxygen atoms in total. The van der Waals surface area contributed by atoms with Gasteiger partial charge in [-0.2, -0.15) is 0 Å². The summed E-state index contributed by atoms with van der Waals surface area (Å²) in [5, 5.41) is 9.26. The smallest absolute Gasteiger partial charge is 0.327 e. The zero-order valence-corrected chi connectivity index (χ0v) is 12.4. The van der Waals surface area contributed by atoms with Crippen molar-refractivity contribution in [3.05, 3.63) is 0 Å². The molecule has 1 saturated heterocycles. The predicted octanol–water partition coefficient (Wildman–Crippen LogP) is 2.43. The van der Waals surface area contributed by atoms with Crippen molar-refractivity contribution in [2.75, 3.05) is 5.75 Å². The van der Waals surface area contributed by atoms with Gasteiger partial charge in [0.1, 0.15) is 6.04 Å². The predicted molar refractivity (Wildman–Crippen MR) is 73.4 cm³/mol. The van der Waals surface area contributed by atoms with Crippen LogP contribution in [0.2, 0.25) is 0 Å². The minimum atomic E-state index is -0.884. The van der Waals surface area contributed by atoms with Crippen LogP contribution in [0.25, 0.3) is 0 Å². The Morgan fingerprint density at radius 1 is 1.39 bits per heavy atom. The molecule has 0 saturated carbocycles. The third kappa shape index (κ3) is 3.19. The van der Waals surface area contributed by atoms with E-state index in [1.807, 2.05) is 20.8 Å². The molecule has 5 heteroatoms. The zero-order chi connectivity index (χ0) is 13.9. The van der Waals surface area contributed by atoms with Gasteiger partial charge in [0, 0.05) is 11.7 Å². The highest BCUT2D eigenvalue weighted by Crippen LogP contribution is 2.34. The third-order valence-corrected chi connectivity index (χ3v) is 4.91. The van der Waals surface area contributed by atoms with Gasteiger partial charge in [-0.05, 0) is 12.3 Å². The van der Waals surface area contributed by atoms with Crippen LogP contribution in [0.5, 0.6) is 0 Å². The summed E-state index contributed by atoms with van der Waals surface area (Å²) in [6.45, 7) is 7.94. The highest BCUT2D eigenvalue weighted by atomic mass is 32.2. The fraction of sp³-hybridized carbons (Fsp3) is 0.846. The fourth-order valence-electron chi connectivity index (χ4n) is 2.04. The average molecular weight is 273 g/mol. The summed E-state index contributed by atoms with van der Waals surface area (Å²) in [7, 11) is 0. The lowest BCUT2D eigenvalue weighted by molar-refractivity contribution is -0.151. The molecule has 3 atom stereocenters. The van der Waals surface area contributed by atoms with Crippen LogP contribution in [0.4, 0.5) is 0 Å². The quantitative estimate of drug-likeness (QED) is 0.836. The normalized spacial score (nSPS) is 25.5. The van der Waals surface area contributed by atoms with E-state index in [1.54, 1.807) is 16.7 Å². The fourth-order valence-corrected chi connectivity index (χ4v) is 3.56. The minimum Gasteiger partial charge on any atom is -0.480 e. The maximum Gasteiger partial charge on any atom is 0.327 e. The van der Waals surface area contributed by atoms with Crippen molar-refractivity contribution in [2.24, 2.45) is 11.8 Å². The summed E-state index contributed by atoms with van der Waals surface area (Å²) in [6, 6.07) is -0.653. The van der Waals surface area contributed by atoms with Crippen molar-refractivity contribution in [1.29, 1.82) is 0 Å². The molecule has 1 fully saturated rings. The van der Waals surface area contributed by atoms with Gasteiger partial charge in [-0.15, -0.1) is 11.8 Å². The summed E-state index contributed by atoms with van der Waals surface area (Å²) in [5.74, 6) is -0.271. The highest BCUT2D eigenvalue weighted by molar-refractivity contribution is 8.00. The van der Waals surface area contributed by atoms with E-state index in [4.69, 9.17) is 0 Å². The van der Waals surface area contributed by atoms with Crippen molar-refractivity contribution < 1.29 is 14.7 Å². The van der Waals surface area contributed by atoms with Gasteiger partial charge in [-0.1, -0.05) is 34.1 Å². The first-order valence-electron chi connectivity index (χ1n) is 6.56. The van der Waals surface area contributed by atoms with E-state index >= 15 is 0 Å². The second-order valence-electron chi connectivity index (χ2n) is 5.21. The number of carbonyl (C=O) groups is 2. The van der Waals surface area contributed by atoms with E-state index in [9.17, 15) is 14.7 Å². The van der Waals surface area contributed by atoms with Crippen LogP contribution in [-0.2, 0) is 9.59 Å². The first kappa shape index (κ1) is 15.3. The third-order valence-electron chi connectivity index (χ3n) is 3.56. The van der Waals surface area contributed by atoms with Gasteiger partial charge < -0.3 is 10.0 Å². The molecule has 0 bridgehead atoms. The Bertz CT molecular complexity index is 319. The van der Waals surface area contributed by atoms with Gasteiger partial charge in [0.25, 0.3) is 0 Å². The van der Waals surface area contributed by atoms with E-state index in [-0.39, 0.29) is 23.1 Å². The number of carboxylic acid groups (broad SMARTS) is 1. The SMILES string of the molecule is CCCC1SCC(C(=O)O)N1C(=O)C(C)C(C)C. The van der Waals surface area contributed by atoms with Crippen molar-refractivity contribution in [2.45, 2.75) is 52.0 Å². The molecule has 1 heterocycles. The Morgan fingerprint density at radius 2 is 2.00 bits per heavy atom. The van der Waals surface area contributed by atoms with Gasteiger partial charge in [0.15, 0.2) is 0 Å². The molecule has 1 N–H and O–H groups in total. The van der Waals surface area contributed by atoms with Gasteiger partial charge in [0.05, 0.1) is 5.37 Å². The molecule has 3 unspecified atom stereocenters. The number of hydrogen-bond donors (Lipinski definition) is 1. The molecule has 1 amide bonds. The van der Waals surface area contributed by atoms with Crippen LogP contribution >= 0.6 is 11.8 Å². The van der Waals surface area contributed by atoms with Crippen LogP contribution in [-0.4, -0.2) is 39.1 Å². The molecule has 0 radical (unpaired) electrons. The number of thioether (sulfide) groups is 1.